The van der Waals surface area contributed by atoms with Crippen LogP contribution in [0.4, 0.5) is 0 Å². The monoisotopic (exact) mass is 287 g/mol. The van der Waals surface area contributed by atoms with Gasteiger partial charge in [-0.2, -0.15) is 5.10 Å². The van der Waals surface area contributed by atoms with Crippen molar-refractivity contribution in [2.45, 2.75) is 50.7 Å². The lowest BCUT2D eigenvalue weighted by Crippen LogP contribution is -2.34. The summed E-state index contributed by atoms with van der Waals surface area (Å²) in [4.78, 5) is 2.43. The van der Waals surface area contributed by atoms with Crippen LogP contribution in [-0.2, 0) is 0 Å². The first-order valence-electron chi connectivity index (χ1n) is 8.05. The summed E-state index contributed by atoms with van der Waals surface area (Å²) in [6, 6.07) is 6.73. The summed E-state index contributed by atoms with van der Waals surface area (Å²) < 4.78 is 0. The van der Waals surface area contributed by atoms with Crippen LogP contribution < -0.4 is 0 Å². The van der Waals surface area contributed by atoms with Gasteiger partial charge in [0, 0.05) is 18.0 Å². The molecule has 0 saturated heterocycles. The highest BCUT2D eigenvalue weighted by Gasteiger charge is 2.19. The van der Waals surface area contributed by atoms with Crippen LogP contribution in [0.1, 0.15) is 50.2 Å². The first-order valence-corrected chi connectivity index (χ1v) is 8.05. The molecule has 1 fully saturated rings. The first kappa shape index (κ1) is 14.5. The molecule has 114 valence electrons. The lowest BCUT2D eigenvalue weighted by molar-refractivity contribution is 0.125. The molecule has 0 bridgehead atoms. The lowest BCUT2D eigenvalue weighted by Gasteiger charge is -2.31. The molecule has 1 aliphatic rings. The molecule has 4 heteroatoms. The quantitative estimate of drug-likeness (QED) is 0.887. The summed E-state index contributed by atoms with van der Waals surface area (Å²) in [6.07, 6.45) is 8.92. The van der Waals surface area contributed by atoms with Crippen molar-refractivity contribution in [1.29, 1.82) is 0 Å². The molecule has 1 saturated carbocycles. The van der Waals surface area contributed by atoms with E-state index in [2.05, 4.69) is 22.1 Å². The Morgan fingerprint density at radius 1 is 1.33 bits per heavy atom. The van der Waals surface area contributed by atoms with Crippen molar-refractivity contribution >= 4 is 10.9 Å². The van der Waals surface area contributed by atoms with Crippen molar-refractivity contribution in [2.75, 3.05) is 13.6 Å². The fraction of sp³-hybridized carbons (Fsp3) is 0.588. The highest BCUT2D eigenvalue weighted by molar-refractivity contribution is 5.78. The van der Waals surface area contributed by atoms with Gasteiger partial charge in [0.25, 0.3) is 0 Å². The molecule has 0 spiro atoms. The standard InChI is InChI=1S/C17H25N3O/c1-20(15-5-3-2-4-6-15)10-9-17(21)13-7-8-16-14(11-13)12-18-19-16/h7-8,11-12,15,17,21H,2-6,9-10H2,1H3,(H,18,19). The highest BCUT2D eigenvalue weighted by Crippen LogP contribution is 2.24. The minimum Gasteiger partial charge on any atom is -0.388 e. The summed E-state index contributed by atoms with van der Waals surface area (Å²) in [5.74, 6) is 0. The third-order valence-electron chi connectivity index (χ3n) is 4.80. The van der Waals surface area contributed by atoms with E-state index in [0.717, 1.165) is 29.4 Å². The Hall–Kier alpha value is -1.39. The number of aromatic amines is 1. The lowest BCUT2D eigenvalue weighted by atomic mass is 9.94. The van der Waals surface area contributed by atoms with E-state index in [1.54, 1.807) is 6.20 Å². The second-order valence-electron chi connectivity index (χ2n) is 6.29. The summed E-state index contributed by atoms with van der Waals surface area (Å²) >= 11 is 0. The highest BCUT2D eigenvalue weighted by atomic mass is 16.3. The van der Waals surface area contributed by atoms with Crippen LogP contribution in [0.3, 0.4) is 0 Å². The number of benzene rings is 1. The molecule has 4 nitrogen and oxygen atoms in total. The molecule has 2 N–H and O–H groups in total. The maximum absolute atomic E-state index is 10.4. The molecule has 21 heavy (non-hydrogen) atoms. The largest absolute Gasteiger partial charge is 0.388 e. The molecule has 2 aromatic rings. The minimum absolute atomic E-state index is 0.393. The van der Waals surface area contributed by atoms with E-state index < -0.39 is 6.10 Å². The number of nitrogens with zero attached hydrogens (tertiary/aromatic N) is 2. The van der Waals surface area contributed by atoms with Gasteiger partial charge in [0.2, 0.25) is 0 Å². The number of aliphatic hydroxyl groups is 1. The van der Waals surface area contributed by atoms with Crippen LogP contribution in [0, 0.1) is 0 Å². The number of aliphatic hydroxyl groups excluding tert-OH is 1. The van der Waals surface area contributed by atoms with Crippen molar-refractivity contribution in [3.8, 4) is 0 Å². The van der Waals surface area contributed by atoms with Gasteiger partial charge in [-0.1, -0.05) is 25.3 Å². The minimum atomic E-state index is -0.393. The fourth-order valence-corrected chi connectivity index (χ4v) is 3.37. The topological polar surface area (TPSA) is 52.1 Å². The van der Waals surface area contributed by atoms with Gasteiger partial charge in [0.1, 0.15) is 0 Å². The third-order valence-corrected chi connectivity index (χ3v) is 4.80. The molecule has 0 radical (unpaired) electrons. The van der Waals surface area contributed by atoms with E-state index in [4.69, 9.17) is 0 Å². The zero-order valence-corrected chi connectivity index (χ0v) is 12.8. The van der Waals surface area contributed by atoms with E-state index in [1.165, 1.54) is 32.1 Å². The Labute approximate surface area is 126 Å². The smallest absolute Gasteiger partial charge is 0.0802 e. The van der Waals surface area contributed by atoms with E-state index >= 15 is 0 Å². The first-order chi connectivity index (χ1) is 10.2. The predicted octanol–water partition coefficient (Wildman–Crippen LogP) is 3.25. The van der Waals surface area contributed by atoms with Crippen molar-refractivity contribution in [1.82, 2.24) is 15.1 Å². The average Bonchev–Trinajstić information content (AvgIpc) is 3.00. The van der Waals surface area contributed by atoms with Crippen LogP contribution in [0.2, 0.25) is 0 Å². The second-order valence-corrected chi connectivity index (χ2v) is 6.29. The van der Waals surface area contributed by atoms with Crippen LogP contribution >= 0.6 is 0 Å². The zero-order chi connectivity index (χ0) is 14.7. The van der Waals surface area contributed by atoms with E-state index in [-0.39, 0.29) is 0 Å². The van der Waals surface area contributed by atoms with Gasteiger partial charge in [0.05, 0.1) is 17.8 Å². The number of fused-ring (bicyclic) bond motifs is 1. The molecule has 1 aliphatic carbocycles. The summed E-state index contributed by atoms with van der Waals surface area (Å²) in [7, 11) is 2.20. The van der Waals surface area contributed by atoms with Gasteiger partial charge in [0.15, 0.2) is 0 Å². The SMILES string of the molecule is CN(CCC(O)c1ccc2[nH]ncc2c1)C1CCCCC1. The van der Waals surface area contributed by atoms with Gasteiger partial charge in [-0.3, -0.25) is 5.10 Å². The molecule has 1 heterocycles. The number of hydrogen-bond acceptors (Lipinski definition) is 3. The Morgan fingerprint density at radius 2 is 2.14 bits per heavy atom. The van der Waals surface area contributed by atoms with Crippen LogP contribution in [0.25, 0.3) is 10.9 Å². The normalized spacial score (nSPS) is 18.4. The predicted molar refractivity (Wildman–Crippen MR) is 85.2 cm³/mol. The molecule has 1 atom stereocenters. The molecular weight excluding hydrogens is 262 g/mol. The van der Waals surface area contributed by atoms with Gasteiger partial charge < -0.3 is 10.0 Å². The fourth-order valence-electron chi connectivity index (χ4n) is 3.37. The molecule has 0 amide bonds. The van der Waals surface area contributed by atoms with Gasteiger partial charge in [-0.15, -0.1) is 0 Å². The maximum atomic E-state index is 10.4. The maximum Gasteiger partial charge on any atom is 0.0802 e. The van der Waals surface area contributed by atoms with Gasteiger partial charge in [-0.05, 0) is 44.0 Å². The Kier molecular flexibility index (Phi) is 4.56. The molecule has 1 aromatic heterocycles. The number of H-pyrrole nitrogens is 1. The Morgan fingerprint density at radius 3 is 2.95 bits per heavy atom. The Bertz CT molecular complexity index is 574. The third kappa shape index (κ3) is 3.44. The second kappa shape index (κ2) is 6.58. The summed E-state index contributed by atoms with van der Waals surface area (Å²) in [5.41, 5.74) is 2.01. The number of rotatable bonds is 5. The average molecular weight is 287 g/mol. The molecule has 1 aromatic carbocycles. The van der Waals surface area contributed by atoms with Crippen LogP contribution in [0.5, 0.6) is 0 Å². The number of aromatic nitrogens is 2. The van der Waals surface area contributed by atoms with Crippen molar-refractivity contribution in [3.05, 3.63) is 30.0 Å². The van der Waals surface area contributed by atoms with E-state index in [1.807, 2.05) is 18.2 Å². The van der Waals surface area contributed by atoms with Crippen molar-refractivity contribution < 1.29 is 5.11 Å². The molecule has 3 rings (SSSR count). The Balaban J connectivity index is 1.56. The van der Waals surface area contributed by atoms with E-state index in [0.29, 0.717) is 6.04 Å². The van der Waals surface area contributed by atoms with E-state index in [9.17, 15) is 5.11 Å². The van der Waals surface area contributed by atoms with Gasteiger partial charge >= 0.3 is 0 Å². The summed E-state index contributed by atoms with van der Waals surface area (Å²) in [5, 5.41) is 18.4. The van der Waals surface area contributed by atoms with Crippen molar-refractivity contribution in [3.63, 3.8) is 0 Å². The molecular formula is C17H25N3O. The zero-order valence-electron chi connectivity index (χ0n) is 12.8. The molecule has 1 unspecified atom stereocenters. The van der Waals surface area contributed by atoms with Gasteiger partial charge in [-0.25, -0.2) is 0 Å². The molecule has 0 aliphatic heterocycles. The summed E-state index contributed by atoms with van der Waals surface area (Å²) in [6.45, 7) is 0.954. The number of hydrogen-bond donors (Lipinski definition) is 2. The number of nitrogens with one attached hydrogen (secondary N) is 1. The van der Waals surface area contributed by atoms with Crippen LogP contribution in [0.15, 0.2) is 24.4 Å². The van der Waals surface area contributed by atoms with Crippen LogP contribution in [-0.4, -0.2) is 39.8 Å². The van der Waals surface area contributed by atoms with Crippen molar-refractivity contribution in [2.24, 2.45) is 0 Å².